The van der Waals surface area contributed by atoms with Crippen molar-refractivity contribution in [1.29, 1.82) is 0 Å². The summed E-state index contributed by atoms with van der Waals surface area (Å²) in [6.45, 7) is 12.5. The first-order valence-electron chi connectivity index (χ1n) is 11.6. The molecule has 0 unspecified atom stereocenters. The van der Waals surface area contributed by atoms with Gasteiger partial charge in [0, 0.05) is 41.8 Å². The zero-order valence-electron chi connectivity index (χ0n) is 19.9. The van der Waals surface area contributed by atoms with Crippen molar-refractivity contribution in [3.63, 3.8) is 0 Å². The van der Waals surface area contributed by atoms with Crippen molar-refractivity contribution < 1.29 is 0 Å². The molecule has 0 spiro atoms. The van der Waals surface area contributed by atoms with Gasteiger partial charge in [-0.2, -0.15) is 0 Å². The van der Waals surface area contributed by atoms with E-state index in [1.54, 1.807) is 23.2 Å². The molecule has 4 aromatic rings. The summed E-state index contributed by atoms with van der Waals surface area (Å²) >= 11 is 0. The molecule has 3 aromatic heterocycles. The molecule has 1 aliphatic heterocycles. The van der Waals surface area contributed by atoms with E-state index >= 15 is 0 Å². The van der Waals surface area contributed by atoms with E-state index < -0.39 is 0 Å². The number of benzene rings is 1. The maximum Gasteiger partial charge on any atom is 0.276 e. The summed E-state index contributed by atoms with van der Waals surface area (Å²) in [4.78, 5) is 22.3. The zero-order chi connectivity index (χ0) is 23.9. The van der Waals surface area contributed by atoms with Gasteiger partial charge in [-0.15, -0.1) is 6.58 Å². The highest BCUT2D eigenvalue weighted by Gasteiger charge is 2.20. The quantitative estimate of drug-likeness (QED) is 0.436. The summed E-state index contributed by atoms with van der Waals surface area (Å²) in [7, 11) is 0. The van der Waals surface area contributed by atoms with Crippen LogP contribution in [0, 0.1) is 0 Å². The summed E-state index contributed by atoms with van der Waals surface area (Å²) in [6, 6.07) is 12.3. The number of pyridine rings is 2. The van der Waals surface area contributed by atoms with Crippen molar-refractivity contribution in [2.24, 2.45) is 0 Å². The van der Waals surface area contributed by atoms with Crippen molar-refractivity contribution >= 4 is 22.4 Å². The molecule has 0 amide bonds. The Bertz CT molecular complexity index is 1440. The molecule has 7 nitrogen and oxygen atoms in total. The number of anilines is 2. The van der Waals surface area contributed by atoms with Crippen LogP contribution in [0.5, 0.6) is 0 Å². The van der Waals surface area contributed by atoms with Crippen LogP contribution in [-0.4, -0.2) is 25.9 Å². The fourth-order valence-electron chi connectivity index (χ4n) is 4.45. The predicted molar refractivity (Wildman–Crippen MR) is 137 cm³/mol. The maximum absolute atomic E-state index is 13.2. The second kappa shape index (κ2) is 8.57. The van der Waals surface area contributed by atoms with Gasteiger partial charge in [-0.1, -0.05) is 32.9 Å². The van der Waals surface area contributed by atoms with Gasteiger partial charge in [0.15, 0.2) is 0 Å². The van der Waals surface area contributed by atoms with Gasteiger partial charge in [0.2, 0.25) is 0 Å². The summed E-state index contributed by atoms with van der Waals surface area (Å²) in [5.41, 5.74) is 6.09. The number of rotatable bonds is 5. The Balaban J connectivity index is 1.62. The number of nitrogens with one attached hydrogen (secondary N) is 2. The Morgan fingerprint density at radius 2 is 2.00 bits per heavy atom. The van der Waals surface area contributed by atoms with E-state index in [0.717, 1.165) is 42.1 Å². The van der Waals surface area contributed by atoms with Crippen molar-refractivity contribution in [2.75, 3.05) is 11.9 Å². The topological polar surface area (TPSA) is 76.8 Å². The van der Waals surface area contributed by atoms with Gasteiger partial charge in [-0.25, -0.2) is 14.3 Å². The van der Waals surface area contributed by atoms with Crippen LogP contribution in [0.1, 0.15) is 37.6 Å². The number of fused-ring (bicyclic) bond motifs is 2. The smallest absolute Gasteiger partial charge is 0.276 e. The van der Waals surface area contributed by atoms with Crippen LogP contribution >= 0.6 is 0 Å². The first-order chi connectivity index (χ1) is 16.3. The first kappa shape index (κ1) is 22.1. The van der Waals surface area contributed by atoms with Gasteiger partial charge < -0.3 is 10.6 Å². The van der Waals surface area contributed by atoms with Gasteiger partial charge in [-0.05, 0) is 48.4 Å². The van der Waals surface area contributed by atoms with E-state index in [2.05, 4.69) is 66.2 Å². The second-order valence-corrected chi connectivity index (χ2v) is 9.76. The number of allylic oxidation sites excluding steroid dienone is 1. The number of hydrogen-bond donors (Lipinski definition) is 2. The lowest BCUT2D eigenvalue weighted by atomic mass is 9.91. The summed E-state index contributed by atoms with van der Waals surface area (Å²) in [6.07, 6.45) is 6.23. The molecule has 1 aliphatic rings. The molecule has 0 radical (unpaired) electrons. The van der Waals surface area contributed by atoms with Crippen molar-refractivity contribution in [3.8, 4) is 5.69 Å². The van der Waals surface area contributed by atoms with E-state index in [-0.39, 0.29) is 11.0 Å². The van der Waals surface area contributed by atoms with Gasteiger partial charge in [0.1, 0.15) is 5.82 Å². The molecule has 0 atom stereocenters. The lowest BCUT2D eigenvalue weighted by Crippen LogP contribution is -2.23. The van der Waals surface area contributed by atoms with E-state index in [1.165, 1.54) is 11.1 Å². The van der Waals surface area contributed by atoms with Gasteiger partial charge in [-0.3, -0.25) is 9.78 Å². The molecule has 0 fully saturated rings. The third kappa shape index (κ3) is 4.03. The molecule has 34 heavy (non-hydrogen) atoms. The molecular formula is C27H30N6O. The van der Waals surface area contributed by atoms with Crippen LogP contribution < -0.4 is 16.2 Å². The highest BCUT2D eigenvalue weighted by molar-refractivity contribution is 5.83. The average molecular weight is 455 g/mol. The zero-order valence-corrected chi connectivity index (χ0v) is 19.9. The molecule has 4 heterocycles. The van der Waals surface area contributed by atoms with Gasteiger partial charge >= 0.3 is 0 Å². The minimum atomic E-state index is -0.113. The molecule has 0 bridgehead atoms. The molecule has 2 N–H and O–H groups in total. The first-order valence-corrected chi connectivity index (χ1v) is 11.6. The summed E-state index contributed by atoms with van der Waals surface area (Å²) in [5, 5.41) is 7.41. The minimum absolute atomic E-state index is 0.0945. The van der Waals surface area contributed by atoms with Crippen LogP contribution in [0.15, 0.2) is 66.2 Å². The Hall–Kier alpha value is -3.71. The van der Waals surface area contributed by atoms with Crippen molar-refractivity contribution in [1.82, 2.24) is 24.6 Å². The Kier molecular flexibility index (Phi) is 5.57. The summed E-state index contributed by atoms with van der Waals surface area (Å²) < 4.78 is 3.63. The van der Waals surface area contributed by atoms with E-state index in [1.807, 2.05) is 22.9 Å². The molecule has 0 saturated heterocycles. The molecule has 174 valence electrons. The van der Waals surface area contributed by atoms with E-state index in [0.29, 0.717) is 17.7 Å². The highest BCUT2D eigenvalue weighted by Crippen LogP contribution is 2.26. The molecule has 5 rings (SSSR count). The number of nitrogens with zero attached hydrogens (tertiary/aromatic N) is 4. The molecule has 1 aromatic carbocycles. The fourth-order valence-corrected chi connectivity index (χ4v) is 4.45. The SMILES string of the molecule is C=CCn1c(=O)c2cnc(Nc3ccc4c(c3)CNCC4)cc2n1-c1ccnc(C(C)(C)C)c1. The monoisotopic (exact) mass is 454 g/mol. The normalized spacial score (nSPS) is 13.6. The minimum Gasteiger partial charge on any atom is -0.340 e. The Morgan fingerprint density at radius 1 is 1.15 bits per heavy atom. The lowest BCUT2D eigenvalue weighted by molar-refractivity contribution is 0.563. The predicted octanol–water partition coefficient (Wildman–Crippen LogP) is 4.46. The van der Waals surface area contributed by atoms with Crippen LogP contribution in [0.2, 0.25) is 0 Å². The van der Waals surface area contributed by atoms with E-state index in [9.17, 15) is 4.79 Å². The van der Waals surface area contributed by atoms with Crippen LogP contribution in [0.25, 0.3) is 16.6 Å². The maximum atomic E-state index is 13.2. The second-order valence-electron chi connectivity index (χ2n) is 9.76. The highest BCUT2D eigenvalue weighted by atomic mass is 16.1. The van der Waals surface area contributed by atoms with Crippen LogP contribution in [0.3, 0.4) is 0 Å². The number of aromatic nitrogens is 4. The van der Waals surface area contributed by atoms with Gasteiger partial charge in [0.25, 0.3) is 5.56 Å². The summed E-state index contributed by atoms with van der Waals surface area (Å²) in [5.74, 6) is 0.686. The van der Waals surface area contributed by atoms with Crippen molar-refractivity contribution in [2.45, 2.75) is 45.7 Å². The standard InChI is InChI=1S/C27H30N6O/c1-5-12-32-26(34)22-17-30-25(31-20-7-6-18-8-10-28-16-19(18)13-20)15-23(22)33(32)21-9-11-29-24(14-21)27(2,3)4/h5-7,9,11,13-15,17,28H,1,8,10,12,16H2,2-4H3,(H,30,31). The third-order valence-electron chi connectivity index (χ3n) is 6.24. The molecule has 0 aliphatic carbocycles. The lowest BCUT2D eigenvalue weighted by Gasteiger charge is -2.20. The Labute approximate surface area is 199 Å². The largest absolute Gasteiger partial charge is 0.340 e. The van der Waals surface area contributed by atoms with E-state index in [4.69, 9.17) is 0 Å². The Morgan fingerprint density at radius 3 is 2.79 bits per heavy atom. The van der Waals surface area contributed by atoms with Crippen LogP contribution in [0.4, 0.5) is 11.5 Å². The van der Waals surface area contributed by atoms with Crippen molar-refractivity contribution in [3.05, 3.63) is 88.6 Å². The number of hydrogen-bond acceptors (Lipinski definition) is 5. The average Bonchev–Trinajstić information content (AvgIpc) is 3.10. The van der Waals surface area contributed by atoms with Gasteiger partial charge in [0.05, 0.1) is 23.1 Å². The fraction of sp³-hybridized carbons (Fsp3) is 0.296. The third-order valence-corrected chi connectivity index (χ3v) is 6.24. The molecule has 0 saturated carbocycles. The van der Waals surface area contributed by atoms with Crippen LogP contribution in [-0.2, 0) is 24.9 Å². The molecule has 7 heteroatoms. The molecular weight excluding hydrogens is 424 g/mol.